The van der Waals surface area contributed by atoms with Crippen molar-refractivity contribution in [1.82, 2.24) is 0 Å². The number of benzene rings is 1. The first kappa shape index (κ1) is 16.5. The van der Waals surface area contributed by atoms with Gasteiger partial charge in [-0.3, -0.25) is 4.79 Å². The SMILES string of the molecule is Cc1c(C(N)=O)ccc(S(=O)(=O)CC2CC2)c1C1CCCCC1. The molecule has 0 spiro atoms. The number of amides is 1. The zero-order valence-corrected chi connectivity index (χ0v) is 14.5. The Morgan fingerprint density at radius 1 is 1.13 bits per heavy atom. The predicted molar refractivity (Wildman–Crippen MR) is 90.3 cm³/mol. The number of nitrogens with two attached hydrogens (primary N) is 1. The Bertz CT molecular complexity index is 714. The molecule has 0 atom stereocenters. The molecule has 0 radical (unpaired) electrons. The maximum atomic E-state index is 12.9. The van der Waals surface area contributed by atoms with Crippen LogP contribution in [-0.2, 0) is 9.84 Å². The standard InChI is InChI=1S/C18H25NO3S/c1-12-15(18(19)20)9-10-16(23(21,22)11-13-7-8-13)17(12)14-5-3-2-4-6-14/h9-10,13-14H,2-8,11H2,1H3,(H2,19,20). The highest BCUT2D eigenvalue weighted by atomic mass is 32.2. The van der Waals surface area contributed by atoms with Crippen molar-refractivity contribution in [3.8, 4) is 0 Å². The highest BCUT2D eigenvalue weighted by molar-refractivity contribution is 7.91. The van der Waals surface area contributed by atoms with Crippen LogP contribution >= 0.6 is 0 Å². The van der Waals surface area contributed by atoms with Gasteiger partial charge in [-0.1, -0.05) is 19.3 Å². The second-order valence-corrected chi connectivity index (χ2v) is 9.08. The lowest BCUT2D eigenvalue weighted by molar-refractivity contribution is 0.0999. The lowest BCUT2D eigenvalue weighted by Gasteiger charge is -2.27. The number of carbonyl (C=O) groups excluding carboxylic acids is 1. The van der Waals surface area contributed by atoms with Gasteiger partial charge in [0.2, 0.25) is 5.91 Å². The molecule has 0 unspecified atom stereocenters. The third-order valence-electron chi connectivity index (χ3n) is 5.24. The molecule has 2 N–H and O–H groups in total. The fourth-order valence-electron chi connectivity index (χ4n) is 3.83. The van der Waals surface area contributed by atoms with Crippen molar-refractivity contribution in [3.05, 3.63) is 28.8 Å². The molecule has 1 amide bonds. The second-order valence-electron chi connectivity index (χ2n) is 7.07. The van der Waals surface area contributed by atoms with E-state index in [0.29, 0.717) is 16.4 Å². The molecule has 5 heteroatoms. The first-order valence-electron chi connectivity index (χ1n) is 8.56. The van der Waals surface area contributed by atoms with E-state index in [1.807, 2.05) is 6.92 Å². The molecule has 23 heavy (non-hydrogen) atoms. The van der Waals surface area contributed by atoms with E-state index in [-0.39, 0.29) is 11.7 Å². The molecular weight excluding hydrogens is 310 g/mol. The van der Waals surface area contributed by atoms with E-state index < -0.39 is 15.7 Å². The fourth-order valence-corrected chi connectivity index (χ4v) is 5.89. The number of hydrogen-bond donors (Lipinski definition) is 1. The second kappa shape index (κ2) is 6.27. The van der Waals surface area contributed by atoms with Crippen LogP contribution in [0.3, 0.4) is 0 Å². The normalized spacial score (nSPS) is 19.7. The van der Waals surface area contributed by atoms with Crippen molar-refractivity contribution in [3.63, 3.8) is 0 Å². The fraction of sp³-hybridized carbons (Fsp3) is 0.611. The molecule has 2 fully saturated rings. The molecule has 0 heterocycles. The van der Waals surface area contributed by atoms with Crippen molar-refractivity contribution in [2.24, 2.45) is 11.7 Å². The summed E-state index contributed by atoms with van der Waals surface area (Å²) in [5.41, 5.74) is 7.56. The van der Waals surface area contributed by atoms with Crippen molar-refractivity contribution < 1.29 is 13.2 Å². The zero-order chi connectivity index (χ0) is 16.6. The van der Waals surface area contributed by atoms with Crippen LogP contribution in [0.4, 0.5) is 0 Å². The van der Waals surface area contributed by atoms with Gasteiger partial charge in [0.1, 0.15) is 0 Å². The minimum Gasteiger partial charge on any atom is -0.366 e. The predicted octanol–water partition coefficient (Wildman–Crippen LogP) is 3.33. The number of primary amides is 1. The minimum atomic E-state index is -3.29. The van der Waals surface area contributed by atoms with Gasteiger partial charge in [0.05, 0.1) is 10.6 Å². The number of hydrogen-bond acceptors (Lipinski definition) is 3. The average Bonchev–Trinajstić information content (AvgIpc) is 3.30. The quantitative estimate of drug-likeness (QED) is 0.896. The third kappa shape index (κ3) is 3.44. The molecule has 0 saturated heterocycles. The van der Waals surface area contributed by atoms with Crippen molar-refractivity contribution in [1.29, 1.82) is 0 Å². The lowest BCUT2D eigenvalue weighted by Crippen LogP contribution is -2.20. The molecular formula is C18H25NO3S. The third-order valence-corrected chi connectivity index (χ3v) is 7.18. The molecule has 3 rings (SSSR count). The molecule has 126 valence electrons. The first-order chi connectivity index (χ1) is 10.9. The van der Waals surface area contributed by atoms with Crippen LogP contribution in [-0.4, -0.2) is 20.1 Å². The summed E-state index contributed by atoms with van der Waals surface area (Å²) in [4.78, 5) is 12.1. The van der Waals surface area contributed by atoms with Crippen molar-refractivity contribution in [2.45, 2.75) is 62.7 Å². The summed E-state index contributed by atoms with van der Waals surface area (Å²) >= 11 is 0. The Hall–Kier alpha value is -1.36. The number of rotatable bonds is 5. The number of carbonyl (C=O) groups is 1. The van der Waals surface area contributed by atoms with Crippen LogP contribution in [0.2, 0.25) is 0 Å². The van der Waals surface area contributed by atoms with E-state index in [2.05, 4.69) is 0 Å². The summed E-state index contributed by atoms with van der Waals surface area (Å²) in [6.07, 6.45) is 7.45. The van der Waals surface area contributed by atoms with E-state index in [0.717, 1.165) is 49.7 Å². The summed E-state index contributed by atoms with van der Waals surface area (Å²) in [6.45, 7) is 1.85. The van der Waals surface area contributed by atoms with Crippen LogP contribution in [0, 0.1) is 12.8 Å². The van der Waals surface area contributed by atoms with Crippen LogP contribution < -0.4 is 5.73 Å². The molecule has 4 nitrogen and oxygen atoms in total. The monoisotopic (exact) mass is 335 g/mol. The zero-order valence-electron chi connectivity index (χ0n) is 13.7. The molecule has 2 aliphatic carbocycles. The lowest BCUT2D eigenvalue weighted by atomic mass is 9.81. The van der Waals surface area contributed by atoms with E-state index in [1.54, 1.807) is 12.1 Å². The van der Waals surface area contributed by atoms with Crippen LogP contribution in [0.1, 0.15) is 72.3 Å². The average molecular weight is 335 g/mol. The van der Waals surface area contributed by atoms with Crippen LogP contribution in [0.5, 0.6) is 0 Å². The van der Waals surface area contributed by atoms with E-state index >= 15 is 0 Å². The Morgan fingerprint density at radius 3 is 2.35 bits per heavy atom. The van der Waals surface area contributed by atoms with Gasteiger partial charge in [-0.05, 0) is 67.7 Å². The summed E-state index contributed by atoms with van der Waals surface area (Å²) < 4.78 is 25.7. The Morgan fingerprint density at radius 2 is 1.78 bits per heavy atom. The number of sulfone groups is 1. The van der Waals surface area contributed by atoms with Gasteiger partial charge < -0.3 is 5.73 Å². The van der Waals surface area contributed by atoms with E-state index in [4.69, 9.17) is 5.73 Å². The van der Waals surface area contributed by atoms with Gasteiger partial charge in [0, 0.05) is 5.56 Å². The highest BCUT2D eigenvalue weighted by Crippen LogP contribution is 2.40. The Kier molecular flexibility index (Phi) is 4.50. The summed E-state index contributed by atoms with van der Waals surface area (Å²) in [5, 5.41) is 0. The maximum absolute atomic E-state index is 12.9. The molecule has 2 aliphatic rings. The molecule has 0 aliphatic heterocycles. The first-order valence-corrected chi connectivity index (χ1v) is 10.2. The Labute approximate surface area is 138 Å². The molecule has 1 aromatic rings. The summed E-state index contributed by atoms with van der Waals surface area (Å²) in [7, 11) is -3.29. The van der Waals surface area contributed by atoms with Gasteiger partial charge in [-0.25, -0.2) is 8.42 Å². The molecule has 0 aromatic heterocycles. The van der Waals surface area contributed by atoms with Gasteiger partial charge in [0.25, 0.3) is 0 Å². The van der Waals surface area contributed by atoms with Crippen molar-refractivity contribution in [2.75, 3.05) is 5.75 Å². The minimum absolute atomic E-state index is 0.229. The Balaban J connectivity index is 2.10. The van der Waals surface area contributed by atoms with Crippen molar-refractivity contribution >= 4 is 15.7 Å². The molecule has 0 bridgehead atoms. The largest absolute Gasteiger partial charge is 0.366 e. The van der Waals surface area contributed by atoms with Gasteiger partial charge in [-0.15, -0.1) is 0 Å². The van der Waals surface area contributed by atoms with E-state index in [9.17, 15) is 13.2 Å². The maximum Gasteiger partial charge on any atom is 0.248 e. The molecule has 2 saturated carbocycles. The van der Waals surface area contributed by atoms with Gasteiger partial charge in [0.15, 0.2) is 9.84 Å². The summed E-state index contributed by atoms with van der Waals surface area (Å²) in [6, 6.07) is 3.21. The van der Waals surface area contributed by atoms with Crippen LogP contribution in [0.15, 0.2) is 17.0 Å². The molecule has 1 aromatic carbocycles. The smallest absolute Gasteiger partial charge is 0.248 e. The van der Waals surface area contributed by atoms with E-state index in [1.165, 1.54) is 6.42 Å². The van der Waals surface area contributed by atoms with Crippen LogP contribution in [0.25, 0.3) is 0 Å². The van der Waals surface area contributed by atoms with Gasteiger partial charge in [-0.2, -0.15) is 0 Å². The topological polar surface area (TPSA) is 77.2 Å². The highest BCUT2D eigenvalue weighted by Gasteiger charge is 2.33. The summed E-state index contributed by atoms with van der Waals surface area (Å²) in [5.74, 6) is 0.301. The van der Waals surface area contributed by atoms with Gasteiger partial charge >= 0.3 is 0 Å².